The fraction of sp³-hybridized carbons (Fsp3) is 0.571. The highest BCUT2D eigenvalue weighted by molar-refractivity contribution is 6.33. The summed E-state index contributed by atoms with van der Waals surface area (Å²) in [5.41, 5.74) is -0.651. The molecule has 3 saturated heterocycles. The number of alkyl halides is 3. The van der Waals surface area contributed by atoms with Gasteiger partial charge in [0.05, 0.1) is 16.3 Å². The lowest BCUT2D eigenvalue weighted by atomic mass is 9.84. The highest BCUT2D eigenvalue weighted by Gasteiger charge is 2.38. The van der Waals surface area contributed by atoms with E-state index in [0.29, 0.717) is 5.92 Å². The molecule has 2 bridgehead atoms. The Bertz CT molecular complexity index is 496. The number of fused-ring (bicyclic) bond motifs is 3. The number of para-hydroxylation sites is 1. The molecule has 1 unspecified atom stereocenters. The van der Waals surface area contributed by atoms with Crippen LogP contribution in [-0.4, -0.2) is 30.6 Å². The standard InChI is InChI=1S/C14H16ClF3N2/c15-11-3-1-2-10(14(16,17)18)13(11)19-12-8-20-6-4-9(12)5-7-20/h1-3,9,12,19H,4-8H2. The van der Waals surface area contributed by atoms with Crippen molar-refractivity contribution in [2.75, 3.05) is 25.0 Å². The second kappa shape index (κ2) is 5.11. The lowest BCUT2D eigenvalue weighted by Crippen LogP contribution is -2.53. The van der Waals surface area contributed by atoms with Gasteiger partial charge in [-0.3, -0.25) is 0 Å². The molecule has 1 N–H and O–H groups in total. The Morgan fingerprint density at radius 2 is 1.90 bits per heavy atom. The molecule has 0 amide bonds. The number of nitrogens with one attached hydrogen (secondary N) is 1. The van der Waals surface area contributed by atoms with E-state index in [0.717, 1.165) is 38.5 Å². The summed E-state index contributed by atoms with van der Waals surface area (Å²) in [4.78, 5) is 2.29. The fourth-order valence-electron chi connectivity index (χ4n) is 3.22. The second-order valence-corrected chi connectivity index (χ2v) is 5.96. The number of hydrogen-bond acceptors (Lipinski definition) is 2. The van der Waals surface area contributed by atoms with Gasteiger partial charge in [0, 0.05) is 12.6 Å². The molecular weight excluding hydrogens is 289 g/mol. The summed E-state index contributed by atoms with van der Waals surface area (Å²) in [6.45, 7) is 2.90. The van der Waals surface area contributed by atoms with Crippen LogP contribution in [0.25, 0.3) is 0 Å². The minimum atomic E-state index is -4.39. The molecule has 0 saturated carbocycles. The first-order valence-electron chi connectivity index (χ1n) is 6.80. The lowest BCUT2D eigenvalue weighted by Gasteiger charge is -2.45. The van der Waals surface area contributed by atoms with E-state index in [1.165, 1.54) is 12.1 Å². The molecule has 3 aliphatic heterocycles. The molecule has 1 aromatic carbocycles. The molecular formula is C14H16ClF3N2. The Labute approximate surface area is 120 Å². The predicted molar refractivity (Wildman–Crippen MR) is 73.0 cm³/mol. The van der Waals surface area contributed by atoms with E-state index in [1.807, 2.05) is 0 Å². The summed E-state index contributed by atoms with van der Waals surface area (Å²) < 4.78 is 39.2. The van der Waals surface area contributed by atoms with E-state index in [-0.39, 0.29) is 16.8 Å². The van der Waals surface area contributed by atoms with E-state index in [9.17, 15) is 13.2 Å². The van der Waals surface area contributed by atoms with E-state index in [4.69, 9.17) is 11.6 Å². The smallest absolute Gasteiger partial charge is 0.379 e. The van der Waals surface area contributed by atoms with Gasteiger partial charge >= 0.3 is 6.18 Å². The zero-order chi connectivity index (χ0) is 14.3. The molecule has 3 heterocycles. The maximum Gasteiger partial charge on any atom is 0.418 e. The Kier molecular flexibility index (Phi) is 3.58. The number of halogens is 4. The zero-order valence-corrected chi connectivity index (χ0v) is 11.6. The molecule has 3 fully saturated rings. The zero-order valence-electron chi connectivity index (χ0n) is 10.9. The number of hydrogen-bond donors (Lipinski definition) is 1. The van der Waals surface area contributed by atoms with Crippen LogP contribution < -0.4 is 5.32 Å². The first-order chi connectivity index (χ1) is 9.45. The first-order valence-corrected chi connectivity index (χ1v) is 7.17. The fourth-order valence-corrected chi connectivity index (χ4v) is 3.45. The van der Waals surface area contributed by atoms with Crippen LogP contribution in [0.15, 0.2) is 18.2 Å². The van der Waals surface area contributed by atoms with Crippen molar-refractivity contribution >= 4 is 17.3 Å². The van der Waals surface area contributed by atoms with Gasteiger partial charge in [-0.25, -0.2) is 0 Å². The third-order valence-electron chi connectivity index (χ3n) is 4.30. The summed E-state index contributed by atoms with van der Waals surface area (Å²) >= 11 is 5.98. The van der Waals surface area contributed by atoms with Crippen LogP contribution in [0, 0.1) is 5.92 Å². The molecule has 6 heteroatoms. The van der Waals surface area contributed by atoms with Gasteiger partial charge in [-0.1, -0.05) is 17.7 Å². The predicted octanol–water partition coefficient (Wildman–Crippen LogP) is 3.86. The maximum atomic E-state index is 13.1. The van der Waals surface area contributed by atoms with Gasteiger partial charge in [0.1, 0.15) is 0 Å². The molecule has 2 nitrogen and oxygen atoms in total. The number of nitrogens with zero attached hydrogens (tertiary/aromatic N) is 1. The van der Waals surface area contributed by atoms with Crippen LogP contribution in [-0.2, 0) is 6.18 Å². The molecule has 0 spiro atoms. The van der Waals surface area contributed by atoms with Gasteiger partial charge in [0.25, 0.3) is 0 Å². The highest BCUT2D eigenvalue weighted by atomic mass is 35.5. The molecule has 1 aromatic rings. The van der Waals surface area contributed by atoms with Crippen molar-refractivity contribution in [1.82, 2.24) is 4.90 Å². The Balaban J connectivity index is 1.87. The maximum absolute atomic E-state index is 13.1. The third-order valence-corrected chi connectivity index (χ3v) is 4.62. The average Bonchev–Trinajstić information content (AvgIpc) is 2.41. The Hall–Kier alpha value is -0.940. The van der Waals surface area contributed by atoms with Gasteiger partial charge < -0.3 is 10.2 Å². The topological polar surface area (TPSA) is 15.3 Å². The van der Waals surface area contributed by atoms with Crippen LogP contribution in [0.5, 0.6) is 0 Å². The summed E-state index contributed by atoms with van der Waals surface area (Å²) in [6.07, 6.45) is -2.30. The summed E-state index contributed by atoms with van der Waals surface area (Å²) in [6, 6.07) is 3.97. The van der Waals surface area contributed by atoms with Crippen molar-refractivity contribution in [3.8, 4) is 0 Å². The summed E-state index contributed by atoms with van der Waals surface area (Å²) in [7, 11) is 0. The number of piperidine rings is 3. The Morgan fingerprint density at radius 1 is 1.20 bits per heavy atom. The normalized spacial score (nSPS) is 29.5. The van der Waals surface area contributed by atoms with Crippen LogP contribution in [0.4, 0.5) is 18.9 Å². The monoisotopic (exact) mass is 304 g/mol. The second-order valence-electron chi connectivity index (χ2n) is 5.55. The first kappa shape index (κ1) is 14.0. The van der Waals surface area contributed by atoms with Crippen molar-refractivity contribution in [1.29, 1.82) is 0 Å². The van der Waals surface area contributed by atoms with Crippen molar-refractivity contribution in [2.24, 2.45) is 5.92 Å². The lowest BCUT2D eigenvalue weighted by molar-refractivity contribution is -0.137. The molecule has 0 radical (unpaired) electrons. The van der Waals surface area contributed by atoms with Gasteiger partial charge in [-0.15, -0.1) is 0 Å². The van der Waals surface area contributed by atoms with Crippen molar-refractivity contribution in [3.63, 3.8) is 0 Å². The largest absolute Gasteiger partial charge is 0.418 e. The minimum absolute atomic E-state index is 0.0282. The molecule has 110 valence electrons. The Morgan fingerprint density at radius 3 is 2.45 bits per heavy atom. The summed E-state index contributed by atoms with van der Waals surface area (Å²) in [5, 5.41) is 3.20. The van der Waals surface area contributed by atoms with Gasteiger partial charge in [-0.05, 0) is 44.0 Å². The minimum Gasteiger partial charge on any atom is -0.379 e. The van der Waals surface area contributed by atoms with Crippen molar-refractivity contribution < 1.29 is 13.2 Å². The van der Waals surface area contributed by atoms with Crippen LogP contribution in [0.2, 0.25) is 5.02 Å². The van der Waals surface area contributed by atoms with E-state index in [2.05, 4.69) is 10.2 Å². The average molecular weight is 305 g/mol. The molecule has 3 aliphatic rings. The van der Waals surface area contributed by atoms with Gasteiger partial charge in [-0.2, -0.15) is 13.2 Å². The third kappa shape index (κ3) is 2.61. The SMILES string of the molecule is FC(F)(F)c1cccc(Cl)c1NC1CN2CCC1CC2. The van der Waals surface area contributed by atoms with Crippen LogP contribution >= 0.6 is 11.6 Å². The van der Waals surface area contributed by atoms with E-state index < -0.39 is 11.7 Å². The highest BCUT2D eigenvalue weighted by Crippen LogP contribution is 2.40. The van der Waals surface area contributed by atoms with Crippen molar-refractivity contribution in [2.45, 2.75) is 25.1 Å². The van der Waals surface area contributed by atoms with Gasteiger partial charge in [0.15, 0.2) is 0 Å². The van der Waals surface area contributed by atoms with E-state index in [1.54, 1.807) is 0 Å². The molecule has 0 aliphatic carbocycles. The number of rotatable bonds is 2. The van der Waals surface area contributed by atoms with Gasteiger partial charge in [0.2, 0.25) is 0 Å². The van der Waals surface area contributed by atoms with Crippen molar-refractivity contribution in [3.05, 3.63) is 28.8 Å². The quantitative estimate of drug-likeness (QED) is 0.892. The van der Waals surface area contributed by atoms with E-state index >= 15 is 0 Å². The number of anilines is 1. The van der Waals surface area contributed by atoms with Crippen LogP contribution in [0.3, 0.4) is 0 Å². The molecule has 4 rings (SSSR count). The molecule has 20 heavy (non-hydrogen) atoms. The van der Waals surface area contributed by atoms with Crippen LogP contribution in [0.1, 0.15) is 18.4 Å². The molecule has 1 atom stereocenters. The summed E-state index contributed by atoms with van der Waals surface area (Å²) in [5.74, 6) is 0.442. The molecule has 0 aromatic heterocycles. The number of benzene rings is 1.